The largest absolute Gasteiger partial charge is 0.0610 e. The Balaban J connectivity index is 0.854. The Labute approximate surface area is 368 Å². The molecule has 0 saturated heterocycles. The summed E-state index contributed by atoms with van der Waals surface area (Å²) >= 11 is 0. The van der Waals surface area contributed by atoms with E-state index in [1.807, 2.05) is 0 Å². The van der Waals surface area contributed by atoms with Crippen LogP contribution in [-0.4, -0.2) is 0 Å². The van der Waals surface area contributed by atoms with E-state index in [0.717, 1.165) is 0 Å². The van der Waals surface area contributed by atoms with Gasteiger partial charge in [0.05, 0.1) is 0 Å². The Morgan fingerprint density at radius 3 is 1.17 bits per heavy atom. The summed E-state index contributed by atoms with van der Waals surface area (Å²) in [7, 11) is 0. The summed E-state index contributed by atoms with van der Waals surface area (Å²) in [6.07, 6.45) is 0. The van der Waals surface area contributed by atoms with Gasteiger partial charge in [-0.3, -0.25) is 0 Å². The lowest BCUT2D eigenvalue weighted by atomic mass is 9.80. The normalized spacial score (nSPS) is 13.6. The van der Waals surface area contributed by atoms with Crippen molar-refractivity contribution in [1.29, 1.82) is 0 Å². The van der Waals surface area contributed by atoms with Crippen molar-refractivity contribution in [1.82, 2.24) is 0 Å². The molecule has 0 N–H and O–H groups in total. The molecule has 0 atom stereocenters. The van der Waals surface area contributed by atoms with E-state index in [2.05, 4.69) is 223 Å². The SMILES string of the molecule is CC(C)(C)c1cc2ccc3ccc(-c4cccc(-c5ccc6c(c5)C(C)(C)c5cc(-c7cccc(-c8ccc9ccc%10cccc%11ccc8c9c%10%11)c7)ccc5-6)c4)c4ccc(c1)c2c34. The number of rotatable bonds is 4. The number of hydrogen-bond acceptors (Lipinski definition) is 0. The van der Waals surface area contributed by atoms with Gasteiger partial charge in [0.15, 0.2) is 0 Å². The standard InChI is InChI=1S/C63H46/c1-62(2,3)49-33-47-18-17-40-20-26-51(55-30-24-48(34-49)59(47)61(40)55)46-14-8-12-42(32-46)44-23-28-53-52-27-22-43(35-56(52)63(4,5)57(53)36-44)41-11-7-13-45(31-41)50-25-19-39-16-15-37-9-6-10-38-21-29-54(50)60(39)58(37)38/h6-36H,1-5H3. The molecule has 0 fully saturated rings. The van der Waals surface area contributed by atoms with Crippen LogP contribution in [0.15, 0.2) is 188 Å². The van der Waals surface area contributed by atoms with Gasteiger partial charge in [-0.25, -0.2) is 0 Å². The van der Waals surface area contributed by atoms with Crippen LogP contribution in [0.4, 0.5) is 0 Å². The fourth-order valence-corrected chi connectivity index (χ4v) is 11.3. The molecule has 12 aromatic rings. The zero-order valence-electron chi connectivity index (χ0n) is 36.4. The zero-order chi connectivity index (χ0) is 42.4. The molecule has 0 aliphatic heterocycles. The van der Waals surface area contributed by atoms with Crippen LogP contribution in [0.2, 0.25) is 0 Å². The average Bonchev–Trinajstić information content (AvgIpc) is 3.54. The molecule has 298 valence electrons. The fraction of sp³-hybridized carbons (Fsp3) is 0.111. The van der Waals surface area contributed by atoms with E-state index in [9.17, 15) is 0 Å². The monoisotopic (exact) mass is 802 g/mol. The first-order chi connectivity index (χ1) is 30.6. The summed E-state index contributed by atoms with van der Waals surface area (Å²) in [5.41, 5.74) is 16.8. The zero-order valence-corrected chi connectivity index (χ0v) is 36.4. The lowest BCUT2D eigenvalue weighted by Crippen LogP contribution is -2.15. The van der Waals surface area contributed by atoms with Gasteiger partial charge in [-0.2, -0.15) is 0 Å². The first-order valence-electron chi connectivity index (χ1n) is 22.5. The van der Waals surface area contributed by atoms with Crippen molar-refractivity contribution in [2.45, 2.75) is 45.4 Å². The molecule has 0 saturated carbocycles. The number of hydrogen-bond donors (Lipinski definition) is 0. The summed E-state index contributed by atoms with van der Waals surface area (Å²) in [6.45, 7) is 11.7. The fourth-order valence-electron chi connectivity index (χ4n) is 11.3. The molecule has 13 rings (SSSR count). The van der Waals surface area contributed by atoms with Crippen molar-refractivity contribution >= 4 is 64.6 Å². The molecule has 0 unspecified atom stereocenters. The lowest BCUT2D eigenvalue weighted by Gasteiger charge is -2.23. The maximum atomic E-state index is 2.46. The van der Waals surface area contributed by atoms with E-state index in [0.29, 0.717) is 0 Å². The van der Waals surface area contributed by atoms with Crippen molar-refractivity contribution in [3.8, 4) is 55.6 Å². The third-order valence-corrected chi connectivity index (χ3v) is 14.7. The predicted octanol–water partition coefficient (Wildman–Crippen LogP) is 17.8. The van der Waals surface area contributed by atoms with Gasteiger partial charge >= 0.3 is 0 Å². The van der Waals surface area contributed by atoms with Gasteiger partial charge < -0.3 is 0 Å². The highest BCUT2D eigenvalue weighted by molar-refractivity contribution is 6.27. The molecule has 1 aliphatic rings. The molecule has 1 aliphatic carbocycles. The molecule has 0 radical (unpaired) electrons. The maximum Gasteiger partial charge on any atom is 0.0159 e. The third-order valence-electron chi connectivity index (χ3n) is 14.7. The molecule has 0 aromatic heterocycles. The van der Waals surface area contributed by atoms with Gasteiger partial charge in [-0.1, -0.05) is 198 Å². The Morgan fingerprint density at radius 1 is 0.302 bits per heavy atom. The van der Waals surface area contributed by atoms with Crippen molar-refractivity contribution in [2.75, 3.05) is 0 Å². The Morgan fingerprint density at radius 2 is 0.667 bits per heavy atom. The Kier molecular flexibility index (Phi) is 7.44. The molecule has 0 heteroatoms. The molecule has 0 amide bonds. The van der Waals surface area contributed by atoms with Gasteiger partial charge in [-0.15, -0.1) is 0 Å². The van der Waals surface area contributed by atoms with Crippen LogP contribution in [0.1, 0.15) is 51.3 Å². The highest BCUT2D eigenvalue weighted by Crippen LogP contribution is 2.51. The van der Waals surface area contributed by atoms with Crippen LogP contribution in [0, 0.1) is 0 Å². The first kappa shape index (κ1) is 36.4. The molecular formula is C63H46. The molecule has 0 spiro atoms. The van der Waals surface area contributed by atoms with Crippen molar-refractivity contribution < 1.29 is 0 Å². The maximum absolute atomic E-state index is 2.46. The second-order valence-electron chi connectivity index (χ2n) is 19.7. The number of benzene rings is 12. The minimum atomic E-state index is -0.156. The lowest BCUT2D eigenvalue weighted by molar-refractivity contribution is 0.591. The van der Waals surface area contributed by atoms with Crippen LogP contribution in [0.5, 0.6) is 0 Å². The van der Waals surface area contributed by atoms with Crippen LogP contribution < -0.4 is 0 Å². The van der Waals surface area contributed by atoms with E-state index in [1.54, 1.807) is 0 Å². The molecule has 0 heterocycles. The Hall–Kier alpha value is -7.28. The van der Waals surface area contributed by atoms with E-state index in [1.165, 1.54) is 137 Å². The van der Waals surface area contributed by atoms with E-state index < -0.39 is 0 Å². The minimum absolute atomic E-state index is 0.0933. The van der Waals surface area contributed by atoms with Crippen LogP contribution in [0.25, 0.3) is 120 Å². The second kappa shape index (κ2) is 12.9. The van der Waals surface area contributed by atoms with Gasteiger partial charge in [0, 0.05) is 5.41 Å². The summed E-state index contributed by atoms with van der Waals surface area (Å²) < 4.78 is 0. The van der Waals surface area contributed by atoms with E-state index in [4.69, 9.17) is 0 Å². The summed E-state index contributed by atoms with van der Waals surface area (Å²) in [6, 6.07) is 71.7. The summed E-state index contributed by atoms with van der Waals surface area (Å²) in [5, 5.41) is 15.9. The van der Waals surface area contributed by atoms with E-state index >= 15 is 0 Å². The van der Waals surface area contributed by atoms with Crippen LogP contribution in [-0.2, 0) is 10.8 Å². The molecule has 0 bridgehead atoms. The minimum Gasteiger partial charge on any atom is -0.0610 e. The van der Waals surface area contributed by atoms with Crippen molar-refractivity contribution in [3.05, 3.63) is 205 Å². The summed E-state index contributed by atoms with van der Waals surface area (Å²) in [5.74, 6) is 0. The summed E-state index contributed by atoms with van der Waals surface area (Å²) in [4.78, 5) is 0. The quantitative estimate of drug-likeness (QED) is 0.156. The number of fused-ring (bicyclic) bond motifs is 3. The predicted molar refractivity (Wildman–Crippen MR) is 272 cm³/mol. The van der Waals surface area contributed by atoms with Gasteiger partial charge in [0.1, 0.15) is 0 Å². The van der Waals surface area contributed by atoms with Crippen molar-refractivity contribution in [3.63, 3.8) is 0 Å². The Bertz CT molecular complexity index is 3810. The second-order valence-corrected chi connectivity index (χ2v) is 19.7. The van der Waals surface area contributed by atoms with Crippen molar-refractivity contribution in [2.24, 2.45) is 0 Å². The first-order valence-corrected chi connectivity index (χ1v) is 22.5. The van der Waals surface area contributed by atoms with Gasteiger partial charge in [0.2, 0.25) is 0 Å². The van der Waals surface area contributed by atoms with Crippen LogP contribution in [0.3, 0.4) is 0 Å². The smallest absolute Gasteiger partial charge is 0.0159 e. The highest BCUT2D eigenvalue weighted by Gasteiger charge is 2.36. The van der Waals surface area contributed by atoms with Crippen LogP contribution >= 0.6 is 0 Å². The molecule has 12 aromatic carbocycles. The third kappa shape index (κ3) is 5.34. The highest BCUT2D eigenvalue weighted by atomic mass is 14.4. The average molecular weight is 803 g/mol. The van der Waals surface area contributed by atoms with E-state index in [-0.39, 0.29) is 10.8 Å². The molecule has 63 heavy (non-hydrogen) atoms. The van der Waals surface area contributed by atoms with Gasteiger partial charge in [-0.05, 0) is 167 Å². The van der Waals surface area contributed by atoms with Gasteiger partial charge in [0.25, 0.3) is 0 Å². The molecule has 0 nitrogen and oxygen atoms in total. The molecular weight excluding hydrogens is 757 g/mol. The topological polar surface area (TPSA) is 0 Å².